The first-order chi connectivity index (χ1) is 14.1. The highest BCUT2D eigenvalue weighted by Gasteiger charge is 2.18. The number of rotatable bonds is 11. The number of nitrogens with two attached hydrogens (primary N) is 1. The van der Waals surface area contributed by atoms with E-state index >= 15 is 0 Å². The Labute approximate surface area is 174 Å². The Morgan fingerprint density at radius 1 is 0.655 bits per heavy atom. The van der Waals surface area contributed by atoms with Crippen molar-refractivity contribution in [1.82, 2.24) is 0 Å². The first-order valence-corrected chi connectivity index (χ1v) is 10.9. The lowest BCUT2D eigenvalue weighted by molar-refractivity contribution is -0.118. The Kier molecular flexibility index (Phi) is 7.85. The second kappa shape index (κ2) is 10.8. The zero-order valence-corrected chi connectivity index (χ0v) is 17.2. The molecule has 0 spiro atoms. The smallest absolute Gasteiger partial charge is 0.231 e. The van der Waals surface area contributed by atoms with Crippen LogP contribution < -0.4 is 10.6 Å². The third-order valence-electron chi connectivity index (χ3n) is 5.61. The Morgan fingerprint density at radius 2 is 1.07 bits per heavy atom. The molecule has 0 saturated carbocycles. The van der Waals surface area contributed by atoms with Crippen LogP contribution in [0.1, 0.15) is 75.3 Å². The molecule has 0 saturated heterocycles. The molecular weight excluding hydrogens is 360 g/mol. The van der Waals surface area contributed by atoms with Gasteiger partial charge in [-0.15, -0.1) is 0 Å². The van der Waals surface area contributed by atoms with E-state index in [0.717, 1.165) is 56.3 Å². The van der Waals surface area contributed by atoms with Gasteiger partial charge < -0.3 is 5.73 Å². The molecule has 6 rings (SSSR count). The monoisotopic (exact) mass is 392 g/mol. The Morgan fingerprint density at radius 3 is 1.52 bits per heavy atom. The number of hydrogen-bond donors (Lipinski definition) is 1. The Bertz CT molecular complexity index is 751. The van der Waals surface area contributed by atoms with Crippen LogP contribution in [0.4, 0.5) is 11.4 Å². The molecule has 29 heavy (non-hydrogen) atoms. The van der Waals surface area contributed by atoms with Crippen LogP contribution in [0.2, 0.25) is 0 Å². The van der Waals surface area contributed by atoms with Gasteiger partial charge in [0.25, 0.3) is 0 Å². The predicted molar refractivity (Wildman–Crippen MR) is 118 cm³/mol. The first-order valence-electron chi connectivity index (χ1n) is 10.9. The van der Waals surface area contributed by atoms with Crippen molar-refractivity contribution in [2.24, 2.45) is 5.73 Å². The zero-order valence-electron chi connectivity index (χ0n) is 17.2. The Hall–Kier alpha value is -2.62. The van der Waals surface area contributed by atoms with Crippen molar-refractivity contribution < 1.29 is 9.59 Å². The van der Waals surface area contributed by atoms with E-state index in [-0.39, 0.29) is 11.8 Å². The van der Waals surface area contributed by atoms with Crippen LogP contribution in [-0.4, -0.2) is 11.8 Å². The summed E-state index contributed by atoms with van der Waals surface area (Å²) in [7, 11) is 0. The number of unbranched alkanes of at least 4 members (excludes halogenated alkanes) is 7. The van der Waals surface area contributed by atoms with Crippen LogP contribution in [0.15, 0.2) is 48.5 Å². The summed E-state index contributed by atoms with van der Waals surface area (Å²) >= 11 is 0. The summed E-state index contributed by atoms with van der Waals surface area (Å²) in [5.74, 6) is -0.0368. The highest BCUT2D eigenvalue weighted by molar-refractivity contribution is 6.00. The van der Waals surface area contributed by atoms with E-state index in [4.69, 9.17) is 5.73 Å². The molecule has 0 aromatic heterocycles. The maximum Gasteiger partial charge on any atom is 0.231 e. The third-order valence-corrected chi connectivity index (χ3v) is 5.61. The minimum atomic E-state index is -0.201. The van der Waals surface area contributed by atoms with E-state index < -0.39 is 0 Å². The van der Waals surface area contributed by atoms with Crippen LogP contribution in [0.3, 0.4) is 0 Å². The van der Waals surface area contributed by atoms with Crippen molar-refractivity contribution in [3.8, 4) is 0 Å². The van der Waals surface area contributed by atoms with Crippen molar-refractivity contribution >= 4 is 23.2 Å². The largest absolute Gasteiger partial charge is 0.370 e. The van der Waals surface area contributed by atoms with E-state index in [1.807, 2.05) is 4.90 Å². The number of anilines is 2. The molecule has 4 aliphatic heterocycles. The van der Waals surface area contributed by atoms with Crippen LogP contribution >= 0.6 is 0 Å². The minimum absolute atomic E-state index is 0.164. The van der Waals surface area contributed by atoms with Gasteiger partial charge in [0, 0.05) is 24.2 Å². The number of nitrogens with zero attached hydrogens (tertiary/aromatic N) is 1. The minimum Gasteiger partial charge on any atom is -0.370 e. The molecule has 2 aromatic rings. The van der Waals surface area contributed by atoms with Crippen molar-refractivity contribution in [3.05, 3.63) is 59.7 Å². The van der Waals surface area contributed by atoms with E-state index in [1.54, 1.807) is 0 Å². The first kappa shape index (κ1) is 21.1. The summed E-state index contributed by atoms with van der Waals surface area (Å²) in [5.41, 5.74) is 9.58. The van der Waals surface area contributed by atoms with Crippen LogP contribution in [-0.2, 0) is 16.0 Å². The third kappa shape index (κ3) is 6.45. The average Bonchev–Trinajstić information content (AvgIpc) is 2.73. The second-order valence-corrected chi connectivity index (χ2v) is 8.03. The molecule has 2 aromatic carbocycles. The van der Waals surface area contributed by atoms with Gasteiger partial charge in [-0.05, 0) is 54.7 Å². The summed E-state index contributed by atoms with van der Waals surface area (Å²) in [5, 5.41) is 0. The van der Waals surface area contributed by atoms with Crippen molar-refractivity contribution in [3.63, 3.8) is 0 Å². The molecule has 0 radical (unpaired) electrons. The molecular formula is C25H32N2O2. The molecule has 0 aliphatic carbocycles. The number of carbonyl (C=O) groups excluding carboxylic acids is 2. The van der Waals surface area contributed by atoms with Gasteiger partial charge in [0.05, 0.1) is 0 Å². The van der Waals surface area contributed by atoms with E-state index in [1.165, 1.54) is 24.0 Å². The fourth-order valence-electron chi connectivity index (χ4n) is 3.95. The topological polar surface area (TPSA) is 63.4 Å². The van der Waals surface area contributed by atoms with Gasteiger partial charge in [-0.3, -0.25) is 14.5 Å². The van der Waals surface area contributed by atoms with Crippen LogP contribution in [0.5, 0.6) is 0 Å². The van der Waals surface area contributed by atoms with Crippen LogP contribution in [0.25, 0.3) is 0 Å². The van der Waals surface area contributed by atoms with Gasteiger partial charge in [-0.25, -0.2) is 0 Å². The number of benzene rings is 2. The lowest BCUT2D eigenvalue weighted by Gasteiger charge is -2.25. The lowest BCUT2D eigenvalue weighted by Crippen LogP contribution is -2.25. The quantitative estimate of drug-likeness (QED) is 0.503. The van der Waals surface area contributed by atoms with Crippen molar-refractivity contribution in [2.45, 2.75) is 70.6 Å². The molecule has 154 valence electrons. The van der Waals surface area contributed by atoms with E-state index in [9.17, 15) is 9.59 Å². The number of primary amides is 1. The number of carbonyl (C=O) groups is 2. The fourth-order valence-corrected chi connectivity index (χ4v) is 3.95. The van der Waals surface area contributed by atoms with Crippen LogP contribution in [0, 0.1) is 0 Å². The molecule has 4 heteroatoms. The van der Waals surface area contributed by atoms with E-state index in [0.29, 0.717) is 12.8 Å². The van der Waals surface area contributed by atoms with E-state index in [2.05, 4.69) is 48.5 Å². The van der Waals surface area contributed by atoms with Gasteiger partial charge in [-0.2, -0.15) is 0 Å². The Balaban J connectivity index is 1.42. The zero-order chi connectivity index (χ0) is 20.5. The van der Waals surface area contributed by atoms with Gasteiger partial charge in [0.2, 0.25) is 11.8 Å². The summed E-state index contributed by atoms with van der Waals surface area (Å²) in [6.45, 7) is 0. The SMILES string of the molecule is NC(=O)CCCCCCCCCCC(=O)N1c2ccc(cc2)Cc2ccc1cc2. The van der Waals surface area contributed by atoms with Gasteiger partial charge in [0.15, 0.2) is 0 Å². The number of hydrogen-bond acceptors (Lipinski definition) is 2. The molecule has 0 atom stereocenters. The molecule has 4 heterocycles. The molecule has 0 unspecified atom stereocenters. The van der Waals surface area contributed by atoms with Crippen molar-refractivity contribution in [1.29, 1.82) is 0 Å². The summed E-state index contributed by atoms with van der Waals surface area (Å²) in [4.78, 5) is 25.6. The normalized spacial score (nSPS) is 12.3. The maximum atomic E-state index is 13.0. The maximum absolute atomic E-state index is 13.0. The summed E-state index contributed by atoms with van der Waals surface area (Å²) in [6.07, 6.45) is 10.7. The second-order valence-electron chi connectivity index (χ2n) is 8.03. The number of amides is 2. The van der Waals surface area contributed by atoms with Gasteiger partial charge in [0.1, 0.15) is 0 Å². The average molecular weight is 393 g/mol. The lowest BCUT2D eigenvalue weighted by atomic mass is 10.0. The molecule has 2 amide bonds. The molecule has 2 N–H and O–H groups in total. The molecule has 4 aliphatic rings. The highest BCUT2D eigenvalue weighted by atomic mass is 16.2. The molecule has 4 bridgehead atoms. The fraction of sp³-hybridized carbons (Fsp3) is 0.440. The molecule has 0 fully saturated rings. The summed E-state index contributed by atoms with van der Waals surface area (Å²) in [6, 6.07) is 16.7. The highest BCUT2D eigenvalue weighted by Crippen LogP contribution is 2.30. The summed E-state index contributed by atoms with van der Waals surface area (Å²) < 4.78 is 0. The van der Waals surface area contributed by atoms with Gasteiger partial charge >= 0.3 is 0 Å². The predicted octanol–water partition coefficient (Wildman–Crippen LogP) is 5.64. The van der Waals surface area contributed by atoms with Gasteiger partial charge in [-0.1, -0.05) is 62.8 Å². The van der Waals surface area contributed by atoms with Crippen molar-refractivity contribution in [2.75, 3.05) is 4.90 Å². The standard InChI is InChI=1S/C25H32N2O2/c26-24(28)9-7-5-3-1-2-4-6-8-10-25(29)27-22-15-11-20(12-16-22)19-21-13-17-23(27)18-14-21/h11-18H,1-10,19H2,(H2,26,28). The molecule has 4 nitrogen and oxygen atoms in total.